The quantitative estimate of drug-likeness (QED) is 0.823. The molecule has 1 rings (SSSR count). The van der Waals surface area contributed by atoms with E-state index in [1.54, 1.807) is 6.07 Å². The topological polar surface area (TPSA) is 86.7 Å². The third kappa shape index (κ3) is 3.28. The number of aliphatic hydroxyl groups is 1. The van der Waals surface area contributed by atoms with Gasteiger partial charge in [-0.25, -0.2) is 12.7 Å². The fourth-order valence-corrected chi connectivity index (χ4v) is 2.14. The van der Waals surface area contributed by atoms with Crippen molar-refractivity contribution < 1.29 is 18.3 Å². The van der Waals surface area contributed by atoms with Crippen molar-refractivity contribution in [2.75, 3.05) is 19.4 Å². The third-order valence-corrected chi connectivity index (χ3v) is 4.07. The number of hydrogen-bond acceptors (Lipinski definition) is 4. The van der Waals surface area contributed by atoms with Crippen molar-refractivity contribution in [2.24, 2.45) is 0 Å². The van der Waals surface area contributed by atoms with Gasteiger partial charge in [0, 0.05) is 19.8 Å². The number of rotatable bonds is 4. The zero-order chi connectivity index (χ0) is 13.9. The number of anilines is 1. The van der Waals surface area contributed by atoms with Crippen LogP contribution in [0.4, 0.5) is 5.69 Å². The molecule has 1 amide bonds. The lowest BCUT2D eigenvalue weighted by atomic mass is 10.3. The molecule has 0 heterocycles. The second-order valence-electron chi connectivity index (χ2n) is 3.98. The van der Waals surface area contributed by atoms with Gasteiger partial charge in [0.05, 0.1) is 4.90 Å². The summed E-state index contributed by atoms with van der Waals surface area (Å²) in [7, 11) is -0.682. The van der Waals surface area contributed by atoms with Crippen molar-refractivity contribution in [2.45, 2.75) is 17.9 Å². The van der Waals surface area contributed by atoms with E-state index in [1.165, 1.54) is 39.2 Å². The van der Waals surface area contributed by atoms with E-state index in [-0.39, 0.29) is 4.90 Å². The molecule has 18 heavy (non-hydrogen) atoms. The summed E-state index contributed by atoms with van der Waals surface area (Å²) in [5.74, 6) is -0.589. The highest BCUT2D eigenvalue weighted by Crippen LogP contribution is 2.18. The maximum atomic E-state index is 11.9. The van der Waals surface area contributed by atoms with Gasteiger partial charge in [-0.15, -0.1) is 0 Å². The lowest BCUT2D eigenvalue weighted by Crippen LogP contribution is -2.25. The molecule has 1 atom stereocenters. The van der Waals surface area contributed by atoms with Crippen molar-refractivity contribution in [1.29, 1.82) is 0 Å². The van der Waals surface area contributed by atoms with E-state index in [9.17, 15) is 13.2 Å². The Kier molecular flexibility index (Phi) is 4.44. The molecule has 0 radical (unpaired) electrons. The number of sulfonamides is 1. The van der Waals surface area contributed by atoms with Gasteiger partial charge in [-0.05, 0) is 25.1 Å². The summed E-state index contributed by atoms with van der Waals surface area (Å²) < 4.78 is 24.8. The molecule has 100 valence electrons. The van der Waals surface area contributed by atoms with Crippen molar-refractivity contribution in [1.82, 2.24) is 4.31 Å². The van der Waals surface area contributed by atoms with Gasteiger partial charge in [0.1, 0.15) is 6.10 Å². The zero-order valence-corrected chi connectivity index (χ0v) is 11.2. The van der Waals surface area contributed by atoms with Crippen LogP contribution < -0.4 is 5.32 Å². The molecule has 0 fully saturated rings. The molecule has 7 heteroatoms. The Bertz CT molecular complexity index is 538. The van der Waals surface area contributed by atoms with Crippen molar-refractivity contribution in [3.63, 3.8) is 0 Å². The second-order valence-corrected chi connectivity index (χ2v) is 6.13. The molecule has 6 nitrogen and oxygen atoms in total. The first-order valence-corrected chi connectivity index (χ1v) is 6.70. The van der Waals surface area contributed by atoms with E-state index in [4.69, 9.17) is 5.11 Å². The van der Waals surface area contributed by atoms with Crippen LogP contribution in [0.1, 0.15) is 6.92 Å². The maximum Gasteiger partial charge on any atom is 0.252 e. The van der Waals surface area contributed by atoms with E-state index in [0.717, 1.165) is 4.31 Å². The Morgan fingerprint density at radius 1 is 1.39 bits per heavy atom. The van der Waals surface area contributed by atoms with Crippen LogP contribution in [-0.2, 0) is 14.8 Å². The molecule has 1 aromatic carbocycles. The highest BCUT2D eigenvalue weighted by molar-refractivity contribution is 7.89. The standard InChI is InChI=1S/C11H16N2O4S/c1-8(14)11(15)12-9-5-4-6-10(7-9)18(16,17)13(2)3/h4-8,14H,1-3H3,(H,12,15)/t8-/m1/s1. The third-order valence-electron chi connectivity index (χ3n) is 2.26. The lowest BCUT2D eigenvalue weighted by molar-refractivity contribution is -0.123. The smallest absolute Gasteiger partial charge is 0.252 e. The fourth-order valence-electron chi connectivity index (χ4n) is 1.19. The summed E-state index contributed by atoms with van der Waals surface area (Å²) in [6.07, 6.45) is -1.15. The number of carbonyl (C=O) groups is 1. The van der Waals surface area contributed by atoms with Gasteiger partial charge in [0.2, 0.25) is 10.0 Å². The van der Waals surface area contributed by atoms with Gasteiger partial charge in [-0.2, -0.15) is 0 Å². The van der Waals surface area contributed by atoms with Crippen LogP contribution in [0.2, 0.25) is 0 Å². The lowest BCUT2D eigenvalue weighted by Gasteiger charge is -2.13. The summed E-state index contributed by atoms with van der Waals surface area (Å²) in [4.78, 5) is 11.4. The van der Waals surface area contributed by atoms with Crippen LogP contribution >= 0.6 is 0 Å². The van der Waals surface area contributed by atoms with Crippen LogP contribution in [-0.4, -0.2) is 43.9 Å². The van der Waals surface area contributed by atoms with E-state index < -0.39 is 22.0 Å². The molecule has 0 saturated heterocycles. The number of hydrogen-bond donors (Lipinski definition) is 2. The Labute approximate surface area is 106 Å². The Morgan fingerprint density at radius 2 is 2.00 bits per heavy atom. The Hall–Kier alpha value is -1.44. The zero-order valence-electron chi connectivity index (χ0n) is 10.4. The van der Waals surface area contributed by atoms with Gasteiger partial charge < -0.3 is 10.4 Å². The van der Waals surface area contributed by atoms with E-state index in [1.807, 2.05) is 0 Å². The maximum absolute atomic E-state index is 11.9. The summed E-state index contributed by atoms with van der Waals surface area (Å²) in [5, 5.41) is 11.5. The monoisotopic (exact) mass is 272 g/mol. The van der Waals surface area contributed by atoms with Crippen molar-refractivity contribution in [3.05, 3.63) is 24.3 Å². The van der Waals surface area contributed by atoms with Crippen LogP contribution in [0, 0.1) is 0 Å². The summed E-state index contributed by atoms with van der Waals surface area (Å²) in [6.45, 7) is 1.33. The second kappa shape index (κ2) is 5.47. The van der Waals surface area contributed by atoms with Gasteiger partial charge >= 0.3 is 0 Å². The van der Waals surface area contributed by atoms with Gasteiger partial charge in [0.25, 0.3) is 5.91 Å². The van der Waals surface area contributed by atoms with E-state index >= 15 is 0 Å². The molecule has 0 aromatic heterocycles. The molecule has 2 N–H and O–H groups in total. The van der Waals surface area contributed by atoms with Gasteiger partial charge in [-0.1, -0.05) is 6.07 Å². The van der Waals surface area contributed by atoms with Crippen molar-refractivity contribution >= 4 is 21.6 Å². The molecule has 0 aliphatic carbocycles. The minimum absolute atomic E-state index is 0.0795. The van der Waals surface area contributed by atoms with Crippen LogP contribution in [0.5, 0.6) is 0 Å². The minimum atomic E-state index is -3.54. The molecule has 1 aromatic rings. The predicted octanol–water partition coefficient (Wildman–Crippen LogP) is 0.256. The molecule has 0 aliphatic heterocycles. The summed E-state index contributed by atoms with van der Waals surface area (Å²) >= 11 is 0. The molecule has 0 spiro atoms. The average molecular weight is 272 g/mol. The molecule has 0 saturated carbocycles. The Morgan fingerprint density at radius 3 is 2.50 bits per heavy atom. The largest absolute Gasteiger partial charge is 0.384 e. The van der Waals surface area contributed by atoms with E-state index in [2.05, 4.69) is 5.32 Å². The Balaban J connectivity index is 3.04. The number of amides is 1. The van der Waals surface area contributed by atoms with Crippen LogP contribution in [0.3, 0.4) is 0 Å². The first-order valence-electron chi connectivity index (χ1n) is 5.26. The average Bonchev–Trinajstić information content (AvgIpc) is 2.28. The SMILES string of the molecule is C[C@@H](O)C(=O)Nc1cccc(S(=O)(=O)N(C)C)c1. The van der Waals surface area contributed by atoms with Crippen LogP contribution in [0.25, 0.3) is 0 Å². The number of benzene rings is 1. The minimum Gasteiger partial charge on any atom is -0.384 e. The number of aliphatic hydroxyl groups excluding tert-OH is 1. The summed E-state index contributed by atoms with van der Waals surface area (Å²) in [6, 6.07) is 5.85. The highest BCUT2D eigenvalue weighted by Gasteiger charge is 2.18. The highest BCUT2D eigenvalue weighted by atomic mass is 32.2. The molecular weight excluding hydrogens is 256 g/mol. The molecule has 0 bridgehead atoms. The van der Waals surface area contributed by atoms with Gasteiger partial charge in [0.15, 0.2) is 0 Å². The van der Waals surface area contributed by atoms with Crippen LogP contribution in [0.15, 0.2) is 29.2 Å². The summed E-state index contributed by atoms with van der Waals surface area (Å²) in [5.41, 5.74) is 0.323. The molecule has 0 unspecified atom stereocenters. The number of nitrogens with zero attached hydrogens (tertiary/aromatic N) is 1. The van der Waals surface area contributed by atoms with Gasteiger partial charge in [-0.3, -0.25) is 4.79 Å². The first-order chi connectivity index (χ1) is 8.25. The molecular formula is C11H16N2O4S. The van der Waals surface area contributed by atoms with E-state index in [0.29, 0.717) is 5.69 Å². The normalized spacial score (nSPS) is 13.4. The molecule has 0 aliphatic rings. The fraction of sp³-hybridized carbons (Fsp3) is 0.364. The van der Waals surface area contributed by atoms with Crippen molar-refractivity contribution in [3.8, 4) is 0 Å². The predicted molar refractivity (Wildman–Crippen MR) is 67.6 cm³/mol. The number of carbonyl (C=O) groups excluding carboxylic acids is 1. The first kappa shape index (κ1) is 14.6. The number of nitrogens with one attached hydrogen (secondary N) is 1.